The first-order chi connectivity index (χ1) is 11.0. The number of rotatable bonds is 4. The molecule has 0 aliphatic carbocycles. The summed E-state index contributed by atoms with van der Waals surface area (Å²) in [6.07, 6.45) is 1.75. The lowest BCUT2D eigenvalue weighted by molar-refractivity contribution is 0.415. The van der Waals surface area contributed by atoms with E-state index in [1.807, 2.05) is 13.0 Å². The second-order valence-corrected chi connectivity index (χ2v) is 4.94. The van der Waals surface area contributed by atoms with Crippen molar-refractivity contribution >= 4 is 17.3 Å². The number of nitrogens with zero attached hydrogens (tertiary/aromatic N) is 1. The predicted molar refractivity (Wildman–Crippen MR) is 92.3 cm³/mol. The molecular weight excluding hydrogens is 315 g/mol. The monoisotopic (exact) mass is 332 g/mol. The Morgan fingerprint density at radius 1 is 1.35 bits per heavy atom. The molecule has 0 saturated heterocycles. The Hall–Kier alpha value is -2.51. The lowest BCUT2D eigenvalue weighted by atomic mass is 10.2. The summed E-state index contributed by atoms with van der Waals surface area (Å²) < 4.78 is 18.3. The van der Waals surface area contributed by atoms with E-state index in [0.29, 0.717) is 23.0 Å². The van der Waals surface area contributed by atoms with E-state index in [9.17, 15) is 4.39 Å². The number of benzene rings is 2. The highest BCUT2D eigenvalue weighted by atomic mass is 35.5. The molecular formula is C18H18ClFN2O. The molecule has 0 spiro atoms. The second kappa shape index (κ2) is 9.50. The fraction of sp³-hybridized carbons (Fsp3) is 0.167. The van der Waals surface area contributed by atoms with Gasteiger partial charge >= 0.3 is 0 Å². The van der Waals surface area contributed by atoms with Gasteiger partial charge in [-0.05, 0) is 42.8 Å². The SMILES string of the molecule is C=CC.COc1ccc(CNc2ccc(F)c(C#N)c2)cc1Cl. The van der Waals surface area contributed by atoms with Crippen LogP contribution in [-0.4, -0.2) is 7.11 Å². The average Bonchev–Trinajstić information content (AvgIpc) is 2.55. The Morgan fingerprint density at radius 2 is 2.04 bits per heavy atom. The quantitative estimate of drug-likeness (QED) is 0.786. The average molecular weight is 333 g/mol. The second-order valence-electron chi connectivity index (χ2n) is 4.54. The molecule has 0 amide bonds. The minimum absolute atomic E-state index is 0.0164. The molecule has 0 heterocycles. The van der Waals surface area contributed by atoms with E-state index in [1.54, 1.807) is 37.5 Å². The fourth-order valence-electron chi connectivity index (χ4n) is 1.74. The van der Waals surface area contributed by atoms with E-state index in [0.717, 1.165) is 5.56 Å². The summed E-state index contributed by atoms with van der Waals surface area (Å²) >= 11 is 6.03. The third-order valence-electron chi connectivity index (χ3n) is 2.80. The van der Waals surface area contributed by atoms with Crippen molar-refractivity contribution < 1.29 is 9.13 Å². The van der Waals surface area contributed by atoms with Crippen molar-refractivity contribution in [1.82, 2.24) is 0 Å². The number of allylic oxidation sites excluding steroid dienone is 1. The van der Waals surface area contributed by atoms with Crippen molar-refractivity contribution in [2.24, 2.45) is 0 Å². The highest BCUT2D eigenvalue weighted by Crippen LogP contribution is 2.25. The number of nitriles is 1. The van der Waals surface area contributed by atoms with E-state index in [4.69, 9.17) is 21.6 Å². The van der Waals surface area contributed by atoms with Gasteiger partial charge in [-0.2, -0.15) is 5.26 Å². The van der Waals surface area contributed by atoms with E-state index >= 15 is 0 Å². The van der Waals surface area contributed by atoms with Crippen LogP contribution in [0.1, 0.15) is 18.1 Å². The largest absolute Gasteiger partial charge is 0.495 e. The molecule has 1 N–H and O–H groups in total. The van der Waals surface area contributed by atoms with Gasteiger partial charge in [-0.3, -0.25) is 0 Å². The van der Waals surface area contributed by atoms with Crippen LogP contribution in [0.25, 0.3) is 0 Å². The molecule has 0 bridgehead atoms. The number of hydrogen-bond acceptors (Lipinski definition) is 3. The summed E-state index contributed by atoms with van der Waals surface area (Å²) in [5, 5.41) is 12.4. The molecule has 0 radical (unpaired) electrons. The number of ether oxygens (including phenoxy) is 1. The van der Waals surface area contributed by atoms with Crippen molar-refractivity contribution in [1.29, 1.82) is 5.26 Å². The van der Waals surface area contributed by atoms with Crippen LogP contribution in [0.4, 0.5) is 10.1 Å². The van der Waals surface area contributed by atoms with E-state index in [2.05, 4.69) is 11.9 Å². The van der Waals surface area contributed by atoms with Crippen LogP contribution in [0.15, 0.2) is 49.1 Å². The van der Waals surface area contributed by atoms with E-state index in [-0.39, 0.29) is 5.56 Å². The van der Waals surface area contributed by atoms with Crippen molar-refractivity contribution in [3.63, 3.8) is 0 Å². The van der Waals surface area contributed by atoms with Gasteiger partial charge in [0.15, 0.2) is 0 Å². The maximum Gasteiger partial charge on any atom is 0.141 e. The molecule has 0 unspecified atom stereocenters. The molecule has 5 heteroatoms. The van der Waals surface area contributed by atoms with Gasteiger partial charge in [0.25, 0.3) is 0 Å². The Balaban J connectivity index is 0.000000816. The molecule has 0 atom stereocenters. The van der Waals surface area contributed by atoms with Crippen molar-refractivity contribution in [2.75, 3.05) is 12.4 Å². The summed E-state index contributed by atoms with van der Waals surface area (Å²) in [6, 6.07) is 11.6. The Bertz CT molecular complexity index is 711. The lowest BCUT2D eigenvalue weighted by Crippen LogP contribution is -2.00. The molecule has 0 aliphatic rings. The minimum atomic E-state index is -0.523. The van der Waals surface area contributed by atoms with Crippen LogP contribution in [0.3, 0.4) is 0 Å². The fourth-order valence-corrected chi connectivity index (χ4v) is 2.03. The highest BCUT2D eigenvalue weighted by Gasteiger charge is 2.04. The van der Waals surface area contributed by atoms with Gasteiger partial charge in [-0.25, -0.2) is 4.39 Å². The van der Waals surface area contributed by atoms with Gasteiger partial charge in [0, 0.05) is 12.2 Å². The molecule has 2 aromatic carbocycles. The minimum Gasteiger partial charge on any atom is -0.495 e. The molecule has 0 aromatic heterocycles. The maximum atomic E-state index is 13.2. The van der Waals surface area contributed by atoms with Crippen LogP contribution < -0.4 is 10.1 Å². The summed E-state index contributed by atoms with van der Waals surface area (Å²) in [6.45, 7) is 5.76. The molecule has 120 valence electrons. The normalized spacial score (nSPS) is 9.17. The summed E-state index contributed by atoms with van der Waals surface area (Å²) in [5.41, 5.74) is 1.65. The number of methoxy groups -OCH3 is 1. The van der Waals surface area contributed by atoms with Gasteiger partial charge in [-0.1, -0.05) is 23.7 Å². The Kier molecular flexibility index (Phi) is 7.65. The first-order valence-electron chi connectivity index (χ1n) is 6.88. The van der Waals surface area contributed by atoms with Crippen LogP contribution in [0, 0.1) is 17.1 Å². The molecule has 2 rings (SSSR count). The van der Waals surface area contributed by atoms with Gasteiger partial charge in [0.2, 0.25) is 0 Å². The van der Waals surface area contributed by atoms with Gasteiger partial charge < -0.3 is 10.1 Å². The summed E-state index contributed by atoms with van der Waals surface area (Å²) in [7, 11) is 1.56. The zero-order valence-electron chi connectivity index (χ0n) is 13.1. The van der Waals surface area contributed by atoms with E-state index in [1.165, 1.54) is 12.1 Å². The molecule has 0 aliphatic heterocycles. The molecule has 0 saturated carbocycles. The lowest BCUT2D eigenvalue weighted by Gasteiger charge is -2.09. The maximum absolute atomic E-state index is 13.2. The van der Waals surface area contributed by atoms with Crippen LogP contribution in [-0.2, 0) is 6.54 Å². The number of hydrogen-bond donors (Lipinski definition) is 1. The molecule has 3 nitrogen and oxygen atoms in total. The van der Waals surface area contributed by atoms with Crippen LogP contribution in [0.5, 0.6) is 5.75 Å². The van der Waals surface area contributed by atoms with Gasteiger partial charge in [0.1, 0.15) is 17.6 Å². The van der Waals surface area contributed by atoms with Crippen molar-refractivity contribution in [3.05, 3.63) is 71.0 Å². The third-order valence-corrected chi connectivity index (χ3v) is 3.10. The summed E-state index contributed by atoms with van der Waals surface area (Å²) in [5.74, 6) is 0.0921. The number of halogens is 2. The topological polar surface area (TPSA) is 45.0 Å². The Labute approximate surface area is 141 Å². The molecule has 23 heavy (non-hydrogen) atoms. The van der Waals surface area contributed by atoms with Crippen molar-refractivity contribution in [2.45, 2.75) is 13.5 Å². The van der Waals surface area contributed by atoms with Crippen LogP contribution in [0.2, 0.25) is 5.02 Å². The first-order valence-corrected chi connectivity index (χ1v) is 7.26. The zero-order valence-corrected chi connectivity index (χ0v) is 13.8. The van der Waals surface area contributed by atoms with E-state index < -0.39 is 5.82 Å². The zero-order chi connectivity index (χ0) is 17.2. The van der Waals surface area contributed by atoms with Gasteiger partial charge in [0.05, 0.1) is 17.7 Å². The number of nitrogens with one attached hydrogen (secondary N) is 1. The molecule has 2 aromatic rings. The predicted octanol–water partition coefficient (Wildman–Crippen LogP) is 5.16. The van der Waals surface area contributed by atoms with Crippen LogP contribution >= 0.6 is 11.6 Å². The molecule has 0 fully saturated rings. The third kappa shape index (κ3) is 5.65. The summed E-state index contributed by atoms with van der Waals surface area (Å²) in [4.78, 5) is 0. The standard InChI is InChI=1S/C15H12ClFN2O.C3H6/c1-20-15-5-2-10(6-13(15)16)9-19-12-3-4-14(17)11(7-12)8-18;1-3-2/h2-7,19H,9H2,1H3;3H,1H2,2H3. The Morgan fingerprint density at radius 3 is 2.61 bits per heavy atom. The first kappa shape index (κ1) is 18.5. The highest BCUT2D eigenvalue weighted by molar-refractivity contribution is 6.32. The smallest absolute Gasteiger partial charge is 0.141 e. The number of anilines is 1. The van der Waals surface area contributed by atoms with Crippen molar-refractivity contribution in [3.8, 4) is 11.8 Å². The van der Waals surface area contributed by atoms with Gasteiger partial charge in [-0.15, -0.1) is 6.58 Å².